The van der Waals surface area contributed by atoms with Crippen LogP contribution >= 0.6 is 0 Å². The minimum absolute atomic E-state index is 0.0803. The zero-order valence-corrected chi connectivity index (χ0v) is 12.0. The summed E-state index contributed by atoms with van der Waals surface area (Å²) in [5, 5.41) is 12.9. The third kappa shape index (κ3) is 3.69. The van der Waals surface area contributed by atoms with Gasteiger partial charge in [-0.3, -0.25) is 4.79 Å². The predicted molar refractivity (Wildman–Crippen MR) is 75.7 cm³/mol. The lowest BCUT2D eigenvalue weighted by Crippen LogP contribution is -2.45. The Morgan fingerprint density at radius 3 is 2.57 bits per heavy atom. The molecule has 0 bridgehead atoms. The summed E-state index contributed by atoms with van der Waals surface area (Å²) in [6, 6.07) is 1.55. The van der Waals surface area contributed by atoms with Gasteiger partial charge < -0.3 is 16.2 Å². The Hall–Kier alpha value is -1.69. The maximum atomic E-state index is 13.2. The van der Waals surface area contributed by atoms with E-state index in [0.29, 0.717) is 18.8 Å². The summed E-state index contributed by atoms with van der Waals surface area (Å²) in [6.45, 7) is 2.21. The van der Waals surface area contributed by atoms with Crippen LogP contribution in [0.4, 0.5) is 14.5 Å². The first-order valence-electron chi connectivity index (χ1n) is 7.06. The van der Waals surface area contributed by atoms with E-state index in [4.69, 9.17) is 5.73 Å². The van der Waals surface area contributed by atoms with Crippen LogP contribution in [0.3, 0.4) is 0 Å². The highest BCUT2D eigenvalue weighted by Crippen LogP contribution is 2.31. The van der Waals surface area contributed by atoms with Crippen molar-refractivity contribution in [2.45, 2.75) is 38.2 Å². The number of hydrogen-bond acceptors (Lipinski definition) is 3. The molecule has 0 unspecified atom stereocenters. The van der Waals surface area contributed by atoms with Crippen LogP contribution in [0.2, 0.25) is 0 Å². The molecule has 0 aliphatic heterocycles. The molecule has 0 atom stereocenters. The van der Waals surface area contributed by atoms with E-state index in [1.807, 2.05) is 0 Å². The number of halogens is 2. The van der Waals surface area contributed by atoms with Crippen molar-refractivity contribution in [2.75, 3.05) is 12.3 Å². The molecule has 1 saturated carbocycles. The minimum Gasteiger partial charge on any atom is -0.398 e. The van der Waals surface area contributed by atoms with Crippen LogP contribution in [0.15, 0.2) is 12.1 Å². The number of nitrogens with one attached hydrogen (secondary N) is 1. The van der Waals surface area contributed by atoms with Gasteiger partial charge in [-0.1, -0.05) is 6.92 Å². The molecule has 1 aromatic carbocycles. The van der Waals surface area contributed by atoms with E-state index < -0.39 is 23.1 Å². The molecular formula is C15H20F2N2O2. The van der Waals surface area contributed by atoms with Gasteiger partial charge in [0.2, 0.25) is 0 Å². The first-order valence-corrected chi connectivity index (χ1v) is 7.06. The number of carbonyl (C=O) groups excluding carboxylic acids is 1. The van der Waals surface area contributed by atoms with Crippen LogP contribution in [0.5, 0.6) is 0 Å². The number of amides is 1. The van der Waals surface area contributed by atoms with Crippen LogP contribution in [-0.4, -0.2) is 23.2 Å². The summed E-state index contributed by atoms with van der Waals surface area (Å²) >= 11 is 0. The summed E-state index contributed by atoms with van der Waals surface area (Å²) in [4.78, 5) is 12.0. The lowest BCUT2D eigenvalue weighted by Gasteiger charge is -2.35. The van der Waals surface area contributed by atoms with Gasteiger partial charge in [0.05, 0.1) is 11.2 Å². The third-order valence-electron chi connectivity index (χ3n) is 4.12. The molecule has 0 radical (unpaired) electrons. The van der Waals surface area contributed by atoms with Crippen molar-refractivity contribution in [1.29, 1.82) is 0 Å². The summed E-state index contributed by atoms with van der Waals surface area (Å²) in [7, 11) is 0. The number of rotatable bonds is 3. The highest BCUT2D eigenvalue weighted by Gasteiger charge is 2.32. The molecule has 4 N–H and O–H groups in total. The van der Waals surface area contributed by atoms with Crippen LogP contribution < -0.4 is 11.1 Å². The fourth-order valence-electron chi connectivity index (χ4n) is 2.58. The molecular weight excluding hydrogens is 278 g/mol. The fraction of sp³-hybridized carbons (Fsp3) is 0.533. The van der Waals surface area contributed by atoms with Gasteiger partial charge in [-0.25, -0.2) is 8.78 Å². The van der Waals surface area contributed by atoms with Crippen molar-refractivity contribution in [3.63, 3.8) is 0 Å². The fourth-order valence-corrected chi connectivity index (χ4v) is 2.58. The van der Waals surface area contributed by atoms with Gasteiger partial charge in [0.15, 0.2) is 11.6 Å². The van der Waals surface area contributed by atoms with Crippen LogP contribution in [-0.2, 0) is 0 Å². The second-order valence-electron chi connectivity index (χ2n) is 5.94. The smallest absolute Gasteiger partial charge is 0.253 e. The molecule has 1 amide bonds. The zero-order valence-electron chi connectivity index (χ0n) is 12.0. The Balaban J connectivity index is 2.00. The van der Waals surface area contributed by atoms with Crippen molar-refractivity contribution in [1.82, 2.24) is 5.32 Å². The number of benzene rings is 1. The minimum atomic E-state index is -1.13. The number of nitrogens with two attached hydrogens (primary N) is 1. The molecule has 4 nitrogen and oxygen atoms in total. The van der Waals surface area contributed by atoms with Crippen molar-refractivity contribution >= 4 is 11.6 Å². The Bertz CT molecular complexity index is 541. The molecule has 21 heavy (non-hydrogen) atoms. The van der Waals surface area contributed by atoms with Gasteiger partial charge in [-0.15, -0.1) is 0 Å². The van der Waals surface area contributed by atoms with E-state index in [-0.39, 0.29) is 17.8 Å². The molecule has 1 aliphatic carbocycles. The van der Waals surface area contributed by atoms with Crippen molar-refractivity contribution in [2.24, 2.45) is 5.92 Å². The molecule has 2 rings (SSSR count). The summed E-state index contributed by atoms with van der Waals surface area (Å²) in [5.41, 5.74) is 4.33. The monoisotopic (exact) mass is 298 g/mol. The van der Waals surface area contributed by atoms with Crippen LogP contribution in [0.25, 0.3) is 0 Å². The second-order valence-corrected chi connectivity index (χ2v) is 5.94. The number of carbonyl (C=O) groups is 1. The quantitative estimate of drug-likeness (QED) is 0.749. The average Bonchev–Trinajstić information content (AvgIpc) is 2.44. The summed E-state index contributed by atoms with van der Waals surface area (Å²) < 4.78 is 26.1. The van der Waals surface area contributed by atoms with E-state index in [1.165, 1.54) is 0 Å². The van der Waals surface area contributed by atoms with Gasteiger partial charge in [-0.05, 0) is 37.7 Å². The Labute approximate surface area is 122 Å². The second kappa shape index (κ2) is 5.97. The lowest BCUT2D eigenvalue weighted by atomic mass is 9.79. The van der Waals surface area contributed by atoms with E-state index in [2.05, 4.69) is 12.2 Å². The highest BCUT2D eigenvalue weighted by molar-refractivity contribution is 5.99. The third-order valence-corrected chi connectivity index (χ3v) is 4.12. The highest BCUT2D eigenvalue weighted by atomic mass is 19.2. The topological polar surface area (TPSA) is 75.3 Å². The summed E-state index contributed by atoms with van der Waals surface area (Å²) in [6.07, 6.45) is 3.03. The number of anilines is 1. The number of hydrogen-bond donors (Lipinski definition) is 3. The molecule has 0 heterocycles. The van der Waals surface area contributed by atoms with Gasteiger partial charge in [-0.2, -0.15) is 0 Å². The first kappa shape index (κ1) is 15.7. The van der Waals surface area contributed by atoms with Crippen molar-refractivity contribution < 1.29 is 18.7 Å². The maximum Gasteiger partial charge on any atom is 0.253 e. The van der Waals surface area contributed by atoms with E-state index >= 15 is 0 Å². The summed E-state index contributed by atoms with van der Waals surface area (Å²) in [5.74, 6) is -2.26. The normalized spacial score (nSPS) is 25.6. The van der Waals surface area contributed by atoms with E-state index in [9.17, 15) is 18.7 Å². The predicted octanol–water partition coefficient (Wildman–Crippen LogP) is 2.22. The average molecular weight is 298 g/mol. The van der Waals surface area contributed by atoms with Crippen LogP contribution in [0.1, 0.15) is 43.0 Å². The van der Waals surface area contributed by atoms with Crippen molar-refractivity contribution in [3.05, 3.63) is 29.3 Å². The maximum absolute atomic E-state index is 13.2. The molecule has 0 aromatic heterocycles. The Kier molecular flexibility index (Phi) is 4.46. The molecule has 116 valence electrons. The van der Waals surface area contributed by atoms with Gasteiger partial charge >= 0.3 is 0 Å². The lowest BCUT2D eigenvalue weighted by molar-refractivity contribution is -0.00539. The van der Waals surface area contributed by atoms with E-state index in [0.717, 1.165) is 25.0 Å². The number of nitrogen functional groups attached to an aromatic ring is 1. The molecule has 0 spiro atoms. The van der Waals surface area contributed by atoms with Crippen LogP contribution in [0, 0.1) is 17.6 Å². The van der Waals surface area contributed by atoms with Crippen molar-refractivity contribution in [3.8, 4) is 0 Å². The molecule has 6 heteroatoms. The Morgan fingerprint density at radius 2 is 1.95 bits per heavy atom. The SMILES string of the molecule is CC1CCC(O)(CNC(=O)c2cc(F)c(F)cc2N)CC1. The largest absolute Gasteiger partial charge is 0.398 e. The Morgan fingerprint density at radius 1 is 1.38 bits per heavy atom. The number of aliphatic hydroxyl groups is 1. The van der Waals surface area contributed by atoms with Gasteiger partial charge in [0.1, 0.15) is 0 Å². The zero-order chi connectivity index (χ0) is 15.6. The molecule has 1 fully saturated rings. The van der Waals surface area contributed by atoms with Gasteiger partial charge in [0, 0.05) is 18.3 Å². The standard InChI is InChI=1S/C15H20F2N2O2/c1-9-2-4-15(21,5-3-9)8-19-14(20)10-6-11(16)12(17)7-13(10)18/h6-7,9,21H,2-5,8,18H2,1H3,(H,19,20). The van der Waals surface area contributed by atoms with E-state index in [1.54, 1.807) is 0 Å². The first-order chi connectivity index (χ1) is 9.81. The molecule has 1 aromatic rings. The van der Waals surface area contributed by atoms with Gasteiger partial charge in [0.25, 0.3) is 5.91 Å². The molecule has 0 saturated heterocycles. The molecule has 1 aliphatic rings.